The maximum absolute atomic E-state index is 14.8. The Morgan fingerprint density at radius 3 is 2.38 bits per heavy atom. The molecular formula is C25H19F8N5O2. The van der Waals surface area contributed by atoms with Gasteiger partial charge in [-0.3, -0.25) is 14.6 Å². The van der Waals surface area contributed by atoms with E-state index >= 15 is 0 Å². The van der Waals surface area contributed by atoms with E-state index < -0.39 is 64.9 Å². The van der Waals surface area contributed by atoms with Crippen LogP contribution in [0.2, 0.25) is 0 Å². The fraction of sp³-hybridized carbons (Fsp3) is 0.280. The molecule has 212 valence electrons. The average molecular weight is 573 g/mol. The van der Waals surface area contributed by atoms with Crippen molar-refractivity contribution in [3.63, 3.8) is 0 Å². The molecule has 4 aromatic rings. The van der Waals surface area contributed by atoms with E-state index in [0.29, 0.717) is 6.20 Å². The molecule has 0 saturated carbocycles. The number of aromatic nitrogens is 4. The first-order valence-corrected chi connectivity index (χ1v) is 11.6. The van der Waals surface area contributed by atoms with Gasteiger partial charge in [0.1, 0.15) is 17.6 Å². The van der Waals surface area contributed by atoms with Gasteiger partial charge in [-0.25, -0.2) is 13.9 Å². The van der Waals surface area contributed by atoms with Crippen LogP contribution in [0, 0.1) is 5.82 Å². The van der Waals surface area contributed by atoms with Gasteiger partial charge in [-0.2, -0.15) is 31.4 Å². The third-order valence-corrected chi connectivity index (χ3v) is 5.98. The molecule has 0 aliphatic rings. The van der Waals surface area contributed by atoms with Gasteiger partial charge in [0.15, 0.2) is 0 Å². The molecule has 0 amide bonds. The summed E-state index contributed by atoms with van der Waals surface area (Å²) in [6.45, 7) is 0.869. The van der Waals surface area contributed by atoms with E-state index in [1.54, 1.807) is 5.10 Å². The third-order valence-electron chi connectivity index (χ3n) is 5.98. The van der Waals surface area contributed by atoms with Crippen LogP contribution in [0.5, 0.6) is 0 Å². The molecule has 7 nitrogen and oxygen atoms in total. The van der Waals surface area contributed by atoms with Crippen molar-refractivity contribution in [2.75, 3.05) is 5.32 Å². The molecule has 0 aliphatic heterocycles. The minimum absolute atomic E-state index is 0.0915. The summed E-state index contributed by atoms with van der Waals surface area (Å²) in [6.07, 6.45) is -9.15. The van der Waals surface area contributed by atoms with Gasteiger partial charge in [0.05, 0.1) is 35.1 Å². The Morgan fingerprint density at radius 2 is 1.75 bits per heavy atom. The van der Waals surface area contributed by atoms with Crippen LogP contribution in [0.25, 0.3) is 22.0 Å². The Bertz CT molecular complexity index is 1650. The Kier molecular flexibility index (Phi) is 7.67. The van der Waals surface area contributed by atoms with Crippen molar-refractivity contribution in [3.8, 4) is 11.3 Å². The van der Waals surface area contributed by atoms with Gasteiger partial charge in [-0.05, 0) is 42.6 Å². The van der Waals surface area contributed by atoms with E-state index in [2.05, 4.69) is 15.4 Å². The molecule has 4 rings (SSSR count). The predicted octanol–water partition coefficient (Wildman–Crippen LogP) is 5.55. The lowest BCUT2D eigenvalue weighted by molar-refractivity contribution is -0.138. The van der Waals surface area contributed by atoms with Crippen molar-refractivity contribution in [3.05, 3.63) is 86.6 Å². The van der Waals surface area contributed by atoms with Crippen LogP contribution in [-0.4, -0.2) is 32.0 Å². The molecule has 2 atom stereocenters. The number of hydrogen-bond donors (Lipinski definition) is 2. The number of alkyl halides is 7. The van der Waals surface area contributed by atoms with Gasteiger partial charge < -0.3 is 9.88 Å². The van der Waals surface area contributed by atoms with E-state index in [1.807, 2.05) is 0 Å². The number of nitrogens with zero attached hydrogens (tertiary/aromatic N) is 3. The van der Waals surface area contributed by atoms with Gasteiger partial charge in [-0.15, -0.1) is 0 Å². The van der Waals surface area contributed by atoms with Crippen molar-refractivity contribution in [2.24, 2.45) is 0 Å². The van der Waals surface area contributed by atoms with Gasteiger partial charge in [-0.1, -0.05) is 0 Å². The summed E-state index contributed by atoms with van der Waals surface area (Å²) in [5.74, 6) is -0.934. The Hall–Kier alpha value is -4.30. The largest absolute Gasteiger partial charge is 0.423 e. The molecule has 0 bridgehead atoms. The highest BCUT2D eigenvalue weighted by atomic mass is 19.4. The second-order valence-corrected chi connectivity index (χ2v) is 8.99. The van der Waals surface area contributed by atoms with Crippen molar-refractivity contribution >= 4 is 16.5 Å². The standard InChI is InChI=1S/C25H19F8N5O2/c1-12(36-20-10-35-37-22(39)21(20)25(31,32)33)6-15(26)11-38-5-4-13-7-17(18(27)8-16(13)23(38)40)19-3-2-14(9-34-19)24(28,29)30/h2-5,7-10,12,15H,6,11H2,1H3,(H2,36,37,39)/t12-,15-/m1/s1. The average Bonchev–Trinajstić information content (AvgIpc) is 2.84. The zero-order valence-corrected chi connectivity index (χ0v) is 20.4. The molecule has 0 unspecified atom stereocenters. The maximum atomic E-state index is 14.8. The Labute approximate surface area is 219 Å². The van der Waals surface area contributed by atoms with E-state index in [1.165, 1.54) is 25.3 Å². The summed E-state index contributed by atoms with van der Waals surface area (Å²) in [5, 5.41) is 7.53. The first-order chi connectivity index (χ1) is 18.6. The van der Waals surface area contributed by atoms with Gasteiger partial charge in [0, 0.05) is 30.4 Å². The molecule has 2 N–H and O–H groups in total. The lowest BCUT2D eigenvalue weighted by Crippen LogP contribution is -2.30. The minimum Gasteiger partial charge on any atom is -0.381 e. The molecule has 3 heterocycles. The van der Waals surface area contributed by atoms with Crippen LogP contribution < -0.4 is 16.4 Å². The number of H-pyrrole nitrogens is 1. The molecule has 0 saturated heterocycles. The fourth-order valence-corrected chi connectivity index (χ4v) is 4.15. The highest BCUT2D eigenvalue weighted by molar-refractivity contribution is 5.86. The van der Waals surface area contributed by atoms with Crippen molar-refractivity contribution in [1.82, 2.24) is 19.7 Å². The summed E-state index contributed by atoms with van der Waals surface area (Å²) >= 11 is 0. The predicted molar refractivity (Wildman–Crippen MR) is 129 cm³/mol. The number of halogens is 8. The maximum Gasteiger partial charge on any atom is 0.423 e. The molecule has 40 heavy (non-hydrogen) atoms. The second kappa shape index (κ2) is 10.7. The van der Waals surface area contributed by atoms with Crippen LogP contribution >= 0.6 is 0 Å². The zero-order chi connectivity index (χ0) is 29.4. The Morgan fingerprint density at radius 1 is 1.02 bits per heavy atom. The van der Waals surface area contributed by atoms with Crippen LogP contribution in [-0.2, 0) is 18.9 Å². The van der Waals surface area contributed by atoms with Gasteiger partial charge >= 0.3 is 12.4 Å². The highest BCUT2D eigenvalue weighted by Gasteiger charge is 2.37. The first kappa shape index (κ1) is 28.7. The molecule has 0 spiro atoms. The van der Waals surface area contributed by atoms with Crippen molar-refractivity contribution in [1.29, 1.82) is 0 Å². The summed E-state index contributed by atoms with van der Waals surface area (Å²) < 4.78 is 109. The summed E-state index contributed by atoms with van der Waals surface area (Å²) in [7, 11) is 0. The molecule has 1 aromatic carbocycles. The van der Waals surface area contributed by atoms with Crippen LogP contribution in [0.3, 0.4) is 0 Å². The first-order valence-electron chi connectivity index (χ1n) is 11.6. The molecule has 0 radical (unpaired) electrons. The smallest absolute Gasteiger partial charge is 0.381 e. The van der Waals surface area contributed by atoms with Crippen molar-refractivity contribution in [2.45, 2.75) is 44.5 Å². The van der Waals surface area contributed by atoms with Crippen LogP contribution in [0.15, 0.2) is 58.5 Å². The van der Waals surface area contributed by atoms with E-state index in [9.17, 15) is 44.7 Å². The molecule has 3 aromatic heterocycles. The quantitative estimate of drug-likeness (QED) is 0.283. The molecule has 0 aliphatic carbocycles. The minimum atomic E-state index is -4.98. The zero-order valence-electron chi connectivity index (χ0n) is 20.4. The molecule has 15 heteroatoms. The number of aromatic amines is 1. The number of anilines is 1. The van der Waals surface area contributed by atoms with Crippen LogP contribution in [0.1, 0.15) is 24.5 Å². The van der Waals surface area contributed by atoms with Gasteiger partial charge in [0.25, 0.3) is 11.1 Å². The van der Waals surface area contributed by atoms with Crippen molar-refractivity contribution < 1.29 is 35.1 Å². The highest BCUT2D eigenvalue weighted by Crippen LogP contribution is 2.33. The van der Waals surface area contributed by atoms with E-state index in [0.717, 1.165) is 29.0 Å². The van der Waals surface area contributed by atoms with E-state index in [4.69, 9.17) is 0 Å². The topological polar surface area (TPSA) is 92.7 Å². The van der Waals surface area contributed by atoms with E-state index in [-0.39, 0.29) is 28.5 Å². The number of fused-ring (bicyclic) bond motifs is 1. The summed E-state index contributed by atoms with van der Waals surface area (Å²) in [5.41, 5.74) is -5.62. The Balaban J connectivity index is 1.51. The molecular weight excluding hydrogens is 554 g/mol. The second-order valence-electron chi connectivity index (χ2n) is 8.99. The normalized spacial score (nSPS) is 13.8. The third kappa shape index (κ3) is 6.13. The number of pyridine rings is 2. The van der Waals surface area contributed by atoms with Gasteiger partial charge in [0.2, 0.25) is 0 Å². The molecule has 0 fully saturated rings. The number of nitrogens with one attached hydrogen (secondary N) is 2. The number of rotatable bonds is 7. The number of benzene rings is 1. The lowest BCUT2D eigenvalue weighted by Gasteiger charge is -2.20. The SMILES string of the molecule is C[C@H](C[C@@H](F)Cn1ccc2cc(-c3ccc(C(F)(F)F)cn3)c(F)cc2c1=O)Nc1cn[nH]c(=O)c1C(F)(F)F. The fourth-order valence-electron chi connectivity index (χ4n) is 4.15. The summed E-state index contributed by atoms with van der Waals surface area (Å²) in [4.78, 5) is 28.1. The number of hydrogen-bond acceptors (Lipinski definition) is 5. The van der Waals surface area contributed by atoms with Crippen LogP contribution in [0.4, 0.5) is 40.8 Å². The monoisotopic (exact) mass is 573 g/mol. The summed E-state index contributed by atoms with van der Waals surface area (Å²) in [6, 6.07) is 4.33. The lowest BCUT2D eigenvalue weighted by atomic mass is 10.0.